The third-order valence-corrected chi connectivity index (χ3v) is 2.35. The van der Waals surface area contributed by atoms with Gasteiger partial charge in [-0.25, -0.2) is 14.8 Å². The fourth-order valence-corrected chi connectivity index (χ4v) is 1.19. The van der Waals surface area contributed by atoms with Crippen molar-refractivity contribution in [3.63, 3.8) is 0 Å². The Morgan fingerprint density at radius 2 is 1.79 bits per heavy atom. The van der Waals surface area contributed by atoms with Crippen LogP contribution in [-0.2, 0) is 10.2 Å². The summed E-state index contributed by atoms with van der Waals surface area (Å²) in [5, 5.41) is 2.46. The smallest absolute Gasteiger partial charge is 0.414 e. The molecule has 0 aliphatic carbocycles. The molecule has 0 atom stereocenters. The van der Waals surface area contributed by atoms with Crippen molar-refractivity contribution in [3.05, 3.63) is 18.0 Å². The van der Waals surface area contributed by atoms with Gasteiger partial charge < -0.3 is 4.74 Å². The van der Waals surface area contributed by atoms with Crippen LogP contribution in [0.25, 0.3) is 0 Å². The van der Waals surface area contributed by atoms with Crippen LogP contribution in [-0.4, -0.2) is 21.7 Å². The van der Waals surface area contributed by atoms with Crippen LogP contribution in [0.15, 0.2) is 12.4 Å². The highest BCUT2D eigenvalue weighted by Gasteiger charge is 2.19. The van der Waals surface area contributed by atoms with Gasteiger partial charge >= 0.3 is 6.09 Å². The molecule has 5 heteroatoms. The number of amides is 1. The van der Waals surface area contributed by atoms with Crippen molar-refractivity contribution in [3.8, 4) is 12.3 Å². The molecule has 102 valence electrons. The van der Waals surface area contributed by atoms with Crippen LogP contribution >= 0.6 is 0 Å². The number of carbonyl (C=O) groups is 1. The third-order valence-electron chi connectivity index (χ3n) is 2.35. The zero-order valence-electron chi connectivity index (χ0n) is 11.9. The molecule has 1 amide bonds. The molecule has 1 rings (SSSR count). The summed E-state index contributed by atoms with van der Waals surface area (Å²) in [5.41, 5.74) is -0.190. The van der Waals surface area contributed by atoms with Gasteiger partial charge in [-0.05, 0) is 34.6 Å². The van der Waals surface area contributed by atoms with E-state index in [0.29, 0.717) is 0 Å². The molecule has 0 spiro atoms. The van der Waals surface area contributed by atoms with Gasteiger partial charge in [-0.1, -0.05) is 5.92 Å². The molecular weight excluding hydrogens is 242 g/mol. The lowest BCUT2D eigenvalue weighted by molar-refractivity contribution is 0.0634. The third kappa shape index (κ3) is 4.59. The first-order valence-corrected chi connectivity index (χ1v) is 5.94. The minimum atomic E-state index is -0.587. The molecule has 0 saturated heterocycles. The van der Waals surface area contributed by atoms with Crippen molar-refractivity contribution in [1.29, 1.82) is 0 Å². The quantitative estimate of drug-likeness (QED) is 0.831. The normalized spacial score (nSPS) is 11.6. The summed E-state index contributed by atoms with van der Waals surface area (Å²) in [7, 11) is 0. The minimum Gasteiger partial charge on any atom is -0.444 e. The Morgan fingerprint density at radius 3 is 2.21 bits per heavy atom. The number of rotatable bonds is 2. The topological polar surface area (TPSA) is 64.1 Å². The number of nitrogens with zero attached hydrogens (tertiary/aromatic N) is 2. The summed E-state index contributed by atoms with van der Waals surface area (Å²) in [5.74, 6) is 2.84. The Balaban J connectivity index is 2.74. The largest absolute Gasteiger partial charge is 0.444 e. The summed E-state index contributed by atoms with van der Waals surface area (Å²) in [6.07, 6.45) is 8.04. The average molecular weight is 261 g/mol. The van der Waals surface area contributed by atoms with Crippen LogP contribution in [0.1, 0.15) is 40.2 Å². The van der Waals surface area contributed by atoms with E-state index in [1.54, 1.807) is 33.2 Å². The highest BCUT2D eigenvalue weighted by molar-refractivity contribution is 5.82. The Labute approximate surface area is 113 Å². The molecule has 0 bridgehead atoms. The zero-order valence-corrected chi connectivity index (χ0v) is 11.9. The van der Waals surface area contributed by atoms with Crippen molar-refractivity contribution >= 4 is 12.0 Å². The molecule has 1 aromatic heterocycles. The summed E-state index contributed by atoms with van der Waals surface area (Å²) in [6.45, 7) is 9.14. The molecule has 1 N–H and O–H groups in total. The van der Waals surface area contributed by atoms with Gasteiger partial charge in [0.2, 0.25) is 5.95 Å². The Bertz CT molecular complexity index is 493. The van der Waals surface area contributed by atoms with Gasteiger partial charge in [0.15, 0.2) is 0 Å². The first-order chi connectivity index (χ1) is 8.64. The van der Waals surface area contributed by atoms with E-state index in [2.05, 4.69) is 21.2 Å². The van der Waals surface area contributed by atoms with Crippen molar-refractivity contribution in [2.75, 3.05) is 5.32 Å². The second-order valence-corrected chi connectivity index (χ2v) is 5.69. The Morgan fingerprint density at radius 1 is 1.26 bits per heavy atom. The van der Waals surface area contributed by atoms with Gasteiger partial charge in [0, 0.05) is 18.0 Å². The van der Waals surface area contributed by atoms with Crippen molar-refractivity contribution in [1.82, 2.24) is 9.97 Å². The van der Waals surface area contributed by atoms with E-state index in [-0.39, 0.29) is 5.95 Å². The maximum absolute atomic E-state index is 11.5. The molecule has 0 radical (unpaired) electrons. The number of aromatic nitrogens is 2. The second-order valence-electron chi connectivity index (χ2n) is 5.69. The van der Waals surface area contributed by atoms with E-state index in [9.17, 15) is 4.79 Å². The maximum Gasteiger partial charge on any atom is 0.414 e. The fraction of sp³-hybridized carbons (Fsp3) is 0.500. The minimum absolute atomic E-state index is 0.186. The maximum atomic E-state index is 11.5. The van der Waals surface area contributed by atoms with Gasteiger partial charge in [-0.2, -0.15) is 0 Å². The number of carbonyl (C=O) groups excluding carboxylic acids is 1. The highest BCUT2D eigenvalue weighted by atomic mass is 16.6. The molecule has 19 heavy (non-hydrogen) atoms. The number of ether oxygens (including phenoxy) is 1. The summed E-state index contributed by atoms with van der Waals surface area (Å²) >= 11 is 0. The average Bonchev–Trinajstić information content (AvgIpc) is 2.27. The van der Waals surface area contributed by atoms with E-state index in [4.69, 9.17) is 11.2 Å². The van der Waals surface area contributed by atoms with Gasteiger partial charge in [-0.15, -0.1) is 6.42 Å². The van der Waals surface area contributed by atoms with E-state index in [0.717, 1.165) is 5.56 Å². The molecule has 0 aliphatic rings. The SMILES string of the molecule is C#CC(C)(C)c1cnc(NC(=O)OC(C)(C)C)nc1. The van der Waals surface area contributed by atoms with E-state index < -0.39 is 17.1 Å². The van der Waals surface area contributed by atoms with E-state index >= 15 is 0 Å². The van der Waals surface area contributed by atoms with Crippen LogP contribution in [0, 0.1) is 12.3 Å². The van der Waals surface area contributed by atoms with Crippen LogP contribution in [0.4, 0.5) is 10.7 Å². The molecular formula is C14H19N3O2. The number of hydrogen-bond acceptors (Lipinski definition) is 4. The Hall–Kier alpha value is -2.09. The number of hydrogen-bond donors (Lipinski definition) is 1. The first kappa shape index (κ1) is 15.0. The summed E-state index contributed by atoms with van der Waals surface area (Å²) in [4.78, 5) is 19.6. The van der Waals surface area contributed by atoms with Crippen molar-refractivity contribution in [2.45, 2.75) is 45.6 Å². The van der Waals surface area contributed by atoms with Crippen LogP contribution in [0.5, 0.6) is 0 Å². The van der Waals surface area contributed by atoms with Gasteiger partial charge in [0.1, 0.15) is 5.60 Å². The molecule has 0 fully saturated rings. The van der Waals surface area contributed by atoms with Gasteiger partial charge in [-0.3, -0.25) is 5.32 Å². The molecule has 0 aromatic carbocycles. The Kier molecular flexibility index (Phi) is 4.15. The fourth-order valence-electron chi connectivity index (χ4n) is 1.19. The summed E-state index contributed by atoms with van der Waals surface area (Å²) < 4.78 is 5.10. The summed E-state index contributed by atoms with van der Waals surface area (Å²) in [6, 6.07) is 0. The van der Waals surface area contributed by atoms with Crippen LogP contribution < -0.4 is 5.32 Å². The lowest BCUT2D eigenvalue weighted by atomic mass is 9.88. The predicted molar refractivity (Wildman–Crippen MR) is 73.7 cm³/mol. The molecule has 0 saturated carbocycles. The lowest BCUT2D eigenvalue weighted by Crippen LogP contribution is -2.28. The van der Waals surface area contributed by atoms with Crippen molar-refractivity contribution < 1.29 is 9.53 Å². The zero-order chi connectivity index (χ0) is 14.7. The standard InChI is InChI=1S/C14H19N3O2/c1-7-14(5,6)10-8-15-11(16-9-10)17-12(18)19-13(2,3)4/h1,8-9H,2-6H3,(H,15,16,17,18). The first-order valence-electron chi connectivity index (χ1n) is 5.94. The predicted octanol–water partition coefficient (Wildman–Crippen LogP) is 2.73. The number of anilines is 1. The number of nitrogens with one attached hydrogen (secondary N) is 1. The molecule has 0 aliphatic heterocycles. The lowest BCUT2D eigenvalue weighted by Gasteiger charge is -2.19. The van der Waals surface area contributed by atoms with Gasteiger partial charge in [0.25, 0.3) is 0 Å². The van der Waals surface area contributed by atoms with E-state index in [1.807, 2.05) is 13.8 Å². The molecule has 1 aromatic rings. The van der Waals surface area contributed by atoms with Crippen molar-refractivity contribution in [2.24, 2.45) is 0 Å². The van der Waals surface area contributed by atoms with Gasteiger partial charge in [0.05, 0.1) is 5.41 Å². The highest BCUT2D eigenvalue weighted by Crippen LogP contribution is 2.20. The van der Waals surface area contributed by atoms with E-state index in [1.165, 1.54) is 0 Å². The molecule has 5 nitrogen and oxygen atoms in total. The molecule has 1 heterocycles. The van der Waals surface area contributed by atoms with Crippen LogP contribution in [0.2, 0.25) is 0 Å². The second kappa shape index (κ2) is 5.27. The number of terminal acetylenes is 1. The van der Waals surface area contributed by atoms with Crippen LogP contribution in [0.3, 0.4) is 0 Å². The molecule has 0 unspecified atom stereocenters. The monoisotopic (exact) mass is 261 g/mol.